The monoisotopic (exact) mass is 256 g/mol. The summed E-state index contributed by atoms with van der Waals surface area (Å²) in [6.07, 6.45) is 2.62. The molecule has 2 rings (SSSR count). The predicted octanol–water partition coefficient (Wildman–Crippen LogP) is 1.79. The average Bonchev–Trinajstić information content (AvgIpc) is 2.41. The van der Waals surface area contributed by atoms with E-state index in [0.29, 0.717) is 5.82 Å². The highest BCUT2D eigenvalue weighted by molar-refractivity contribution is 5.86. The summed E-state index contributed by atoms with van der Waals surface area (Å²) in [6.45, 7) is 3.78. The normalized spacial score (nSPS) is 10.1. The fourth-order valence-corrected chi connectivity index (χ4v) is 1.75. The number of hydrogen-bond acceptors (Lipinski definition) is 3. The van der Waals surface area contributed by atoms with Crippen molar-refractivity contribution in [3.05, 3.63) is 65.1 Å². The van der Waals surface area contributed by atoms with Crippen molar-refractivity contribution in [2.24, 2.45) is 0 Å². The Morgan fingerprint density at radius 3 is 2.63 bits per heavy atom. The Morgan fingerprint density at radius 1 is 1.37 bits per heavy atom. The van der Waals surface area contributed by atoms with E-state index in [1.807, 2.05) is 30.3 Å². The summed E-state index contributed by atoms with van der Waals surface area (Å²) in [5, 5.41) is 8.94. The molecule has 1 aromatic carbocycles. The van der Waals surface area contributed by atoms with Gasteiger partial charge < -0.3 is 5.11 Å². The summed E-state index contributed by atoms with van der Waals surface area (Å²) >= 11 is 0. The summed E-state index contributed by atoms with van der Waals surface area (Å²) in [4.78, 5) is 27.1. The Bertz CT molecular complexity index is 675. The van der Waals surface area contributed by atoms with Crippen molar-refractivity contribution < 1.29 is 9.90 Å². The van der Waals surface area contributed by atoms with Crippen LogP contribution < -0.4 is 5.56 Å². The Morgan fingerprint density at radius 2 is 2.05 bits per heavy atom. The zero-order chi connectivity index (χ0) is 13.8. The molecule has 0 aliphatic carbocycles. The van der Waals surface area contributed by atoms with E-state index < -0.39 is 11.5 Å². The minimum Gasteiger partial charge on any atom is -0.477 e. The van der Waals surface area contributed by atoms with Gasteiger partial charge in [-0.3, -0.25) is 9.36 Å². The second-order valence-corrected chi connectivity index (χ2v) is 3.87. The fraction of sp³-hybridized carbons (Fsp3) is 0.0714. The van der Waals surface area contributed by atoms with Gasteiger partial charge in [0.25, 0.3) is 5.56 Å². The predicted molar refractivity (Wildman–Crippen MR) is 71.1 cm³/mol. The molecule has 0 aliphatic heterocycles. The Kier molecular flexibility index (Phi) is 3.56. The topological polar surface area (TPSA) is 72.2 Å². The van der Waals surface area contributed by atoms with Crippen molar-refractivity contribution in [2.45, 2.75) is 6.54 Å². The molecule has 1 N–H and O–H groups in total. The lowest BCUT2D eigenvalue weighted by atomic mass is 10.2. The molecule has 0 unspecified atom stereocenters. The summed E-state index contributed by atoms with van der Waals surface area (Å²) in [7, 11) is 0. The Hall–Kier alpha value is -2.69. The number of carboxylic acid groups (broad SMARTS) is 1. The molecule has 5 heteroatoms. The second kappa shape index (κ2) is 5.30. The van der Waals surface area contributed by atoms with E-state index in [0.717, 1.165) is 11.8 Å². The highest BCUT2D eigenvalue weighted by atomic mass is 16.4. The van der Waals surface area contributed by atoms with Gasteiger partial charge in [0, 0.05) is 18.3 Å². The van der Waals surface area contributed by atoms with E-state index in [2.05, 4.69) is 11.6 Å². The quantitative estimate of drug-likeness (QED) is 0.846. The second-order valence-electron chi connectivity index (χ2n) is 3.87. The number of hydrogen-bond donors (Lipinski definition) is 1. The molecular weight excluding hydrogens is 244 g/mol. The highest BCUT2D eigenvalue weighted by Gasteiger charge is 2.15. The number of rotatable bonds is 4. The third kappa shape index (κ3) is 2.44. The lowest BCUT2D eigenvalue weighted by Gasteiger charge is -2.10. The first kappa shape index (κ1) is 12.8. The molecule has 1 aromatic heterocycles. The molecule has 0 radical (unpaired) electrons. The van der Waals surface area contributed by atoms with Crippen molar-refractivity contribution in [3.8, 4) is 11.4 Å². The van der Waals surface area contributed by atoms with E-state index in [1.54, 1.807) is 0 Å². The van der Waals surface area contributed by atoms with Crippen molar-refractivity contribution >= 4 is 5.97 Å². The van der Waals surface area contributed by atoms with Gasteiger partial charge in [0.05, 0.1) is 0 Å². The minimum absolute atomic E-state index is 0.206. The van der Waals surface area contributed by atoms with Crippen LogP contribution in [0.25, 0.3) is 11.4 Å². The molecule has 1 heterocycles. The van der Waals surface area contributed by atoms with E-state index >= 15 is 0 Å². The molecule has 19 heavy (non-hydrogen) atoms. The molecule has 0 spiro atoms. The van der Waals surface area contributed by atoms with Crippen LogP contribution >= 0.6 is 0 Å². The highest BCUT2D eigenvalue weighted by Crippen LogP contribution is 2.15. The van der Waals surface area contributed by atoms with Crippen molar-refractivity contribution in [1.29, 1.82) is 0 Å². The number of aromatic carboxylic acids is 1. The molecule has 0 atom stereocenters. The molecule has 0 aliphatic rings. The number of carbonyl (C=O) groups is 1. The maximum absolute atomic E-state index is 12.1. The summed E-state index contributed by atoms with van der Waals surface area (Å²) in [5.41, 5.74) is -0.179. The van der Waals surface area contributed by atoms with Crippen molar-refractivity contribution in [1.82, 2.24) is 9.55 Å². The van der Waals surface area contributed by atoms with Crippen LogP contribution in [0.5, 0.6) is 0 Å². The molecule has 0 bridgehead atoms. The molecule has 5 nitrogen and oxygen atoms in total. The van der Waals surface area contributed by atoms with Gasteiger partial charge in [-0.05, 0) is 0 Å². The fourth-order valence-electron chi connectivity index (χ4n) is 1.75. The number of allylic oxidation sites excluding steroid dienone is 1. The number of aromatic nitrogens is 2. The van der Waals surface area contributed by atoms with Crippen LogP contribution in [0.1, 0.15) is 10.4 Å². The maximum atomic E-state index is 12.1. The third-order valence-corrected chi connectivity index (χ3v) is 2.62. The van der Waals surface area contributed by atoms with Crippen molar-refractivity contribution in [3.63, 3.8) is 0 Å². The molecule has 0 saturated heterocycles. The lowest BCUT2D eigenvalue weighted by molar-refractivity contribution is 0.0693. The SMILES string of the molecule is C=CCn1c(-c2ccccc2)ncc(C(=O)O)c1=O. The first-order valence-electron chi connectivity index (χ1n) is 5.64. The molecule has 0 saturated carbocycles. The van der Waals surface area contributed by atoms with E-state index in [4.69, 9.17) is 5.11 Å². The van der Waals surface area contributed by atoms with Gasteiger partial charge in [0.1, 0.15) is 11.4 Å². The first-order chi connectivity index (χ1) is 9.15. The summed E-state index contributed by atoms with van der Waals surface area (Å²) in [5.74, 6) is -0.856. The molecule has 2 aromatic rings. The number of benzene rings is 1. The van der Waals surface area contributed by atoms with Gasteiger partial charge in [-0.1, -0.05) is 36.4 Å². The third-order valence-electron chi connectivity index (χ3n) is 2.62. The zero-order valence-corrected chi connectivity index (χ0v) is 10.1. The van der Waals surface area contributed by atoms with Crippen LogP contribution in [0.3, 0.4) is 0 Å². The van der Waals surface area contributed by atoms with Gasteiger partial charge in [-0.25, -0.2) is 9.78 Å². The van der Waals surface area contributed by atoms with Gasteiger partial charge in [-0.15, -0.1) is 6.58 Å². The van der Waals surface area contributed by atoms with Gasteiger partial charge in [0.2, 0.25) is 0 Å². The summed E-state index contributed by atoms with van der Waals surface area (Å²) < 4.78 is 1.30. The number of carboxylic acids is 1. The van der Waals surface area contributed by atoms with Crippen LogP contribution in [0.4, 0.5) is 0 Å². The largest absolute Gasteiger partial charge is 0.477 e. The Balaban J connectivity index is 2.69. The van der Waals surface area contributed by atoms with E-state index in [-0.39, 0.29) is 12.1 Å². The van der Waals surface area contributed by atoms with Crippen molar-refractivity contribution in [2.75, 3.05) is 0 Å². The molecular formula is C14H12N2O3. The first-order valence-corrected chi connectivity index (χ1v) is 5.64. The smallest absolute Gasteiger partial charge is 0.342 e. The Labute approximate surface area is 109 Å². The average molecular weight is 256 g/mol. The van der Waals surface area contributed by atoms with E-state index in [1.165, 1.54) is 10.6 Å². The van der Waals surface area contributed by atoms with Crippen LogP contribution in [-0.4, -0.2) is 20.6 Å². The standard InChI is InChI=1S/C14H12N2O3/c1-2-8-16-12(10-6-4-3-5-7-10)15-9-11(13(16)17)14(18)19/h2-7,9H,1,8H2,(H,18,19). The van der Waals surface area contributed by atoms with Gasteiger partial charge in [0.15, 0.2) is 0 Å². The summed E-state index contributed by atoms with van der Waals surface area (Å²) in [6, 6.07) is 9.12. The lowest BCUT2D eigenvalue weighted by Crippen LogP contribution is -2.28. The van der Waals surface area contributed by atoms with Crippen LogP contribution in [0, 0.1) is 0 Å². The molecule has 96 valence electrons. The molecule has 0 fully saturated rings. The number of nitrogens with zero attached hydrogens (tertiary/aromatic N) is 2. The van der Waals surface area contributed by atoms with E-state index in [9.17, 15) is 9.59 Å². The minimum atomic E-state index is -1.28. The van der Waals surface area contributed by atoms with Crippen LogP contribution in [0.2, 0.25) is 0 Å². The molecule has 0 amide bonds. The van der Waals surface area contributed by atoms with Gasteiger partial charge in [-0.2, -0.15) is 0 Å². The maximum Gasteiger partial charge on any atom is 0.342 e. The van der Waals surface area contributed by atoms with Crippen LogP contribution in [0.15, 0.2) is 54.0 Å². The zero-order valence-electron chi connectivity index (χ0n) is 10.1. The van der Waals surface area contributed by atoms with Crippen LogP contribution in [-0.2, 0) is 6.54 Å². The van der Waals surface area contributed by atoms with Gasteiger partial charge >= 0.3 is 5.97 Å².